The first-order valence-electron chi connectivity index (χ1n) is 7.47. The summed E-state index contributed by atoms with van der Waals surface area (Å²) < 4.78 is 0. The molecule has 2 aromatic rings. The molecule has 24 heavy (non-hydrogen) atoms. The second-order valence-electron chi connectivity index (χ2n) is 5.14. The summed E-state index contributed by atoms with van der Waals surface area (Å²) in [5, 5.41) is 9.16. The average Bonchev–Trinajstić information content (AvgIpc) is 3.00. The van der Waals surface area contributed by atoms with E-state index in [0.29, 0.717) is 19.4 Å². The van der Waals surface area contributed by atoms with E-state index in [-0.39, 0.29) is 5.96 Å². The summed E-state index contributed by atoms with van der Waals surface area (Å²) in [5.74, 6) is -0.967. The smallest absolute Gasteiger partial charge is 0.328 e. The number of aromatic amines is 1. The lowest BCUT2D eigenvalue weighted by atomic mass is 10.1. The number of benzene rings is 1. The van der Waals surface area contributed by atoms with E-state index in [4.69, 9.17) is 16.6 Å². The van der Waals surface area contributed by atoms with Crippen LogP contribution in [0.1, 0.15) is 18.4 Å². The number of carboxylic acid groups (broad SMARTS) is 1. The highest BCUT2D eigenvalue weighted by molar-refractivity contribution is 5.84. The van der Waals surface area contributed by atoms with Crippen molar-refractivity contribution in [2.24, 2.45) is 21.5 Å². The molecule has 0 spiro atoms. The molecule has 0 fully saturated rings. The second kappa shape index (κ2) is 8.47. The average molecular weight is 328 g/mol. The number of guanidine groups is 1. The standard InChI is InChI=1S/C16H20N6O2/c17-16(18)20-8-2-4-13(15(23)24)19-7-1-3-11-5-6-12-14(9-11)22-10-21-12/h1,3,5-7,9-10,13H,2,4,8H2,(H,21,22)(H,23,24)(H4,17,18,20)/b3-1+,19-7?/t13-/m0/s1. The fourth-order valence-electron chi connectivity index (χ4n) is 2.12. The molecule has 0 unspecified atom stereocenters. The Morgan fingerprint density at radius 3 is 3.00 bits per heavy atom. The van der Waals surface area contributed by atoms with E-state index in [2.05, 4.69) is 20.0 Å². The molecule has 0 saturated heterocycles. The number of nitrogens with one attached hydrogen (secondary N) is 1. The molecule has 0 saturated carbocycles. The highest BCUT2D eigenvalue weighted by Crippen LogP contribution is 2.12. The van der Waals surface area contributed by atoms with E-state index in [1.165, 1.54) is 6.21 Å². The van der Waals surface area contributed by atoms with Crippen LogP contribution in [0.3, 0.4) is 0 Å². The highest BCUT2D eigenvalue weighted by Gasteiger charge is 2.13. The number of hydrogen-bond donors (Lipinski definition) is 4. The van der Waals surface area contributed by atoms with E-state index in [1.54, 1.807) is 12.4 Å². The number of aromatic nitrogens is 2. The van der Waals surface area contributed by atoms with Crippen molar-refractivity contribution in [2.45, 2.75) is 18.9 Å². The van der Waals surface area contributed by atoms with Crippen LogP contribution in [0.5, 0.6) is 0 Å². The van der Waals surface area contributed by atoms with Crippen molar-refractivity contribution in [3.8, 4) is 0 Å². The third-order valence-corrected chi connectivity index (χ3v) is 3.30. The van der Waals surface area contributed by atoms with Crippen LogP contribution in [0.25, 0.3) is 17.1 Å². The summed E-state index contributed by atoms with van der Waals surface area (Å²) >= 11 is 0. The second-order valence-corrected chi connectivity index (χ2v) is 5.14. The lowest BCUT2D eigenvalue weighted by Crippen LogP contribution is -2.23. The number of nitrogens with zero attached hydrogens (tertiary/aromatic N) is 3. The first-order chi connectivity index (χ1) is 11.6. The first-order valence-corrected chi connectivity index (χ1v) is 7.47. The van der Waals surface area contributed by atoms with Crippen LogP contribution in [-0.2, 0) is 4.79 Å². The molecule has 0 aliphatic rings. The molecule has 1 aromatic carbocycles. The van der Waals surface area contributed by atoms with Crippen molar-refractivity contribution in [3.05, 3.63) is 36.2 Å². The summed E-state index contributed by atoms with van der Waals surface area (Å²) in [5.41, 5.74) is 13.2. The van der Waals surface area contributed by atoms with E-state index in [0.717, 1.165) is 16.6 Å². The van der Waals surface area contributed by atoms with Gasteiger partial charge in [0, 0.05) is 12.8 Å². The SMILES string of the molecule is NC(N)=NCCC[C@H](N=C/C=C/c1ccc2nc[nH]c2c1)C(=O)O. The van der Waals surface area contributed by atoms with Gasteiger partial charge in [-0.05, 0) is 36.6 Å². The Morgan fingerprint density at radius 1 is 1.42 bits per heavy atom. The highest BCUT2D eigenvalue weighted by atomic mass is 16.4. The Labute approximate surface area is 139 Å². The first kappa shape index (κ1) is 17.2. The number of aliphatic imine (C=N–C) groups is 2. The summed E-state index contributed by atoms with van der Waals surface area (Å²) in [4.78, 5) is 26.2. The maximum absolute atomic E-state index is 11.2. The van der Waals surface area contributed by atoms with Crippen LogP contribution in [-0.4, -0.2) is 45.8 Å². The number of H-pyrrole nitrogens is 1. The minimum absolute atomic E-state index is 0.00236. The molecule has 2 rings (SSSR count). The fraction of sp³-hybridized carbons (Fsp3) is 0.250. The molecular formula is C16H20N6O2. The lowest BCUT2D eigenvalue weighted by molar-refractivity contribution is -0.138. The molecule has 8 nitrogen and oxygen atoms in total. The maximum atomic E-state index is 11.2. The number of aliphatic carboxylic acids is 1. The largest absolute Gasteiger partial charge is 0.480 e. The zero-order valence-corrected chi connectivity index (χ0v) is 13.1. The summed E-state index contributed by atoms with van der Waals surface area (Å²) in [6.07, 6.45) is 7.62. The summed E-state index contributed by atoms with van der Waals surface area (Å²) in [6.45, 7) is 0.391. The topological polar surface area (TPSA) is 143 Å². The Hall–Kier alpha value is -3.16. The number of fused-ring (bicyclic) bond motifs is 1. The van der Waals surface area contributed by atoms with E-state index >= 15 is 0 Å². The van der Waals surface area contributed by atoms with Gasteiger partial charge in [-0.2, -0.15) is 0 Å². The van der Waals surface area contributed by atoms with Gasteiger partial charge in [0.2, 0.25) is 0 Å². The predicted molar refractivity (Wildman–Crippen MR) is 95.0 cm³/mol. The van der Waals surface area contributed by atoms with Crippen molar-refractivity contribution in [2.75, 3.05) is 6.54 Å². The molecule has 0 bridgehead atoms. The third kappa shape index (κ3) is 5.24. The zero-order chi connectivity index (χ0) is 17.4. The molecule has 0 radical (unpaired) electrons. The Morgan fingerprint density at radius 2 is 2.25 bits per heavy atom. The molecule has 8 heteroatoms. The fourth-order valence-corrected chi connectivity index (χ4v) is 2.12. The van der Waals surface area contributed by atoms with Crippen molar-refractivity contribution >= 4 is 35.3 Å². The number of allylic oxidation sites excluding steroid dienone is 1. The number of imidazole rings is 1. The van der Waals surface area contributed by atoms with Crippen molar-refractivity contribution in [1.29, 1.82) is 0 Å². The van der Waals surface area contributed by atoms with Gasteiger partial charge in [-0.15, -0.1) is 0 Å². The molecule has 1 heterocycles. The van der Waals surface area contributed by atoms with Crippen molar-refractivity contribution in [3.63, 3.8) is 0 Å². The minimum Gasteiger partial charge on any atom is -0.480 e. The van der Waals surface area contributed by atoms with Gasteiger partial charge in [0.05, 0.1) is 17.4 Å². The summed E-state index contributed by atoms with van der Waals surface area (Å²) in [7, 11) is 0. The van der Waals surface area contributed by atoms with Crippen LogP contribution in [0.15, 0.2) is 40.6 Å². The Kier molecular flexibility index (Phi) is 6.07. The summed E-state index contributed by atoms with van der Waals surface area (Å²) in [6, 6.07) is 4.99. The lowest BCUT2D eigenvalue weighted by Gasteiger charge is -2.05. The number of rotatable bonds is 8. The zero-order valence-electron chi connectivity index (χ0n) is 13.1. The van der Waals surface area contributed by atoms with E-state index in [1.807, 2.05) is 24.3 Å². The van der Waals surface area contributed by atoms with E-state index < -0.39 is 12.0 Å². The molecule has 0 aliphatic heterocycles. The number of hydrogen-bond acceptors (Lipinski definition) is 4. The normalized spacial score (nSPS) is 12.8. The van der Waals surface area contributed by atoms with Crippen LogP contribution in [0, 0.1) is 0 Å². The van der Waals surface area contributed by atoms with Crippen molar-refractivity contribution < 1.29 is 9.90 Å². The van der Waals surface area contributed by atoms with Crippen LogP contribution in [0.2, 0.25) is 0 Å². The molecule has 0 amide bonds. The minimum atomic E-state index is -0.969. The monoisotopic (exact) mass is 328 g/mol. The van der Waals surface area contributed by atoms with Crippen LogP contribution in [0.4, 0.5) is 0 Å². The number of carboxylic acids is 1. The van der Waals surface area contributed by atoms with Crippen LogP contribution < -0.4 is 11.5 Å². The molecular weight excluding hydrogens is 308 g/mol. The maximum Gasteiger partial charge on any atom is 0.328 e. The van der Waals surface area contributed by atoms with Gasteiger partial charge < -0.3 is 21.6 Å². The Balaban J connectivity index is 1.91. The van der Waals surface area contributed by atoms with Gasteiger partial charge in [0.25, 0.3) is 0 Å². The van der Waals surface area contributed by atoms with Gasteiger partial charge in [0.1, 0.15) is 6.04 Å². The van der Waals surface area contributed by atoms with Crippen molar-refractivity contribution in [1.82, 2.24) is 9.97 Å². The van der Waals surface area contributed by atoms with Gasteiger partial charge in [-0.25, -0.2) is 9.78 Å². The van der Waals surface area contributed by atoms with E-state index in [9.17, 15) is 4.79 Å². The van der Waals surface area contributed by atoms with Gasteiger partial charge >= 0.3 is 5.97 Å². The van der Waals surface area contributed by atoms with Gasteiger partial charge in [-0.1, -0.05) is 12.1 Å². The molecule has 126 valence electrons. The molecule has 1 atom stereocenters. The number of nitrogens with two attached hydrogens (primary N) is 2. The quantitative estimate of drug-likeness (QED) is 0.326. The molecule has 0 aliphatic carbocycles. The van der Waals surface area contributed by atoms with Crippen LogP contribution >= 0.6 is 0 Å². The van der Waals surface area contributed by atoms with Gasteiger partial charge in [-0.3, -0.25) is 9.98 Å². The predicted octanol–water partition coefficient (Wildman–Crippen LogP) is 1.15. The molecule has 1 aromatic heterocycles. The molecule has 6 N–H and O–H groups in total. The third-order valence-electron chi connectivity index (χ3n) is 3.30. The van der Waals surface area contributed by atoms with Gasteiger partial charge in [0.15, 0.2) is 5.96 Å². The number of carbonyl (C=O) groups is 1. The Bertz CT molecular complexity index is 774.